The van der Waals surface area contributed by atoms with Crippen molar-refractivity contribution >= 4 is 9.84 Å². The van der Waals surface area contributed by atoms with Gasteiger partial charge in [-0.2, -0.15) is 20.5 Å². The molecule has 1 N–H and O–H groups in total. The van der Waals surface area contributed by atoms with E-state index in [0.29, 0.717) is 29.5 Å². The fourth-order valence-corrected chi connectivity index (χ4v) is 4.52. The normalized spacial score (nSPS) is 19.6. The number of pyridine rings is 1. The SMILES string of the molecule is Cc1n[nH]nc1-c1nc(-c2ccncc2)nn1[C@H]1CCS(=O)(=O)C1. The van der Waals surface area contributed by atoms with E-state index in [4.69, 9.17) is 0 Å². The Morgan fingerprint density at radius 3 is 2.67 bits per heavy atom. The number of aryl methyl sites for hydroxylation is 1. The molecule has 0 radical (unpaired) electrons. The fourth-order valence-electron chi connectivity index (χ4n) is 2.83. The van der Waals surface area contributed by atoms with Crippen LogP contribution in [0.5, 0.6) is 0 Å². The molecule has 0 aliphatic carbocycles. The Balaban J connectivity index is 1.85. The third-order valence-electron chi connectivity index (χ3n) is 4.06. The largest absolute Gasteiger partial charge is 0.265 e. The Morgan fingerprint density at radius 1 is 1.25 bits per heavy atom. The molecule has 3 aromatic heterocycles. The minimum atomic E-state index is -3.04. The standard InChI is InChI=1S/C14H15N7O2S/c1-9-12(18-20-17-9)14-16-13(10-2-5-15-6-3-10)19-21(14)11-4-7-24(22,23)8-11/h2-3,5-6,11H,4,7-8H2,1H3,(H,17,18,20)/t11-/m0/s1. The van der Waals surface area contributed by atoms with E-state index in [1.165, 1.54) is 0 Å². The van der Waals surface area contributed by atoms with Gasteiger partial charge in [0.15, 0.2) is 27.2 Å². The highest BCUT2D eigenvalue weighted by atomic mass is 32.2. The van der Waals surface area contributed by atoms with Crippen LogP contribution in [0, 0.1) is 6.92 Å². The van der Waals surface area contributed by atoms with Gasteiger partial charge in [0.1, 0.15) is 0 Å². The molecule has 24 heavy (non-hydrogen) atoms. The highest BCUT2D eigenvalue weighted by Crippen LogP contribution is 2.30. The summed E-state index contributed by atoms with van der Waals surface area (Å²) in [6, 6.07) is 3.37. The van der Waals surface area contributed by atoms with Gasteiger partial charge in [0, 0.05) is 18.0 Å². The maximum absolute atomic E-state index is 11.9. The predicted octanol–water partition coefficient (Wildman–Crippen LogP) is 0.793. The summed E-state index contributed by atoms with van der Waals surface area (Å²) < 4.78 is 25.4. The second-order valence-corrected chi connectivity index (χ2v) is 7.98. The minimum Gasteiger partial charge on any atom is -0.265 e. The van der Waals surface area contributed by atoms with E-state index in [2.05, 4.69) is 30.5 Å². The van der Waals surface area contributed by atoms with Crippen molar-refractivity contribution in [3.63, 3.8) is 0 Å². The van der Waals surface area contributed by atoms with Crippen molar-refractivity contribution in [3.8, 4) is 22.9 Å². The average molecular weight is 345 g/mol. The Bertz CT molecular complexity index is 978. The lowest BCUT2D eigenvalue weighted by Gasteiger charge is -2.10. The second-order valence-electron chi connectivity index (χ2n) is 5.75. The summed E-state index contributed by atoms with van der Waals surface area (Å²) >= 11 is 0. The first-order valence-corrected chi connectivity index (χ1v) is 9.31. The van der Waals surface area contributed by atoms with Gasteiger partial charge in [-0.25, -0.2) is 18.1 Å². The van der Waals surface area contributed by atoms with Gasteiger partial charge in [-0.3, -0.25) is 4.98 Å². The molecule has 0 aromatic carbocycles. The monoisotopic (exact) mass is 345 g/mol. The molecule has 4 rings (SSSR count). The fraction of sp³-hybridized carbons (Fsp3) is 0.357. The molecule has 0 spiro atoms. The molecule has 124 valence electrons. The molecule has 0 unspecified atom stereocenters. The van der Waals surface area contributed by atoms with E-state index in [0.717, 1.165) is 5.56 Å². The number of rotatable bonds is 3. The zero-order valence-electron chi connectivity index (χ0n) is 12.9. The van der Waals surface area contributed by atoms with Crippen molar-refractivity contribution < 1.29 is 8.42 Å². The Labute approximate surface area is 138 Å². The zero-order valence-corrected chi connectivity index (χ0v) is 13.7. The first-order valence-electron chi connectivity index (χ1n) is 7.48. The molecule has 1 fully saturated rings. The van der Waals surface area contributed by atoms with Crippen molar-refractivity contribution in [1.29, 1.82) is 0 Å². The molecule has 0 amide bonds. The van der Waals surface area contributed by atoms with Crippen LogP contribution in [0.25, 0.3) is 22.9 Å². The van der Waals surface area contributed by atoms with Crippen molar-refractivity contribution in [2.45, 2.75) is 19.4 Å². The van der Waals surface area contributed by atoms with Gasteiger partial charge in [0.05, 0.1) is 23.2 Å². The predicted molar refractivity (Wildman–Crippen MR) is 85.7 cm³/mol. The summed E-state index contributed by atoms with van der Waals surface area (Å²) in [6.45, 7) is 1.81. The molecule has 0 bridgehead atoms. The van der Waals surface area contributed by atoms with Gasteiger partial charge >= 0.3 is 0 Å². The van der Waals surface area contributed by atoms with Gasteiger partial charge in [-0.15, -0.1) is 0 Å². The number of nitrogens with one attached hydrogen (secondary N) is 1. The summed E-state index contributed by atoms with van der Waals surface area (Å²) in [5.74, 6) is 1.27. The first kappa shape index (κ1) is 14.9. The number of aromatic amines is 1. The Kier molecular flexibility index (Phi) is 3.41. The summed E-state index contributed by atoms with van der Waals surface area (Å²) in [7, 11) is -3.04. The smallest absolute Gasteiger partial charge is 0.181 e. The molecule has 9 nitrogen and oxygen atoms in total. The highest BCUT2D eigenvalue weighted by molar-refractivity contribution is 7.91. The van der Waals surface area contributed by atoms with Gasteiger partial charge in [0.2, 0.25) is 0 Å². The second kappa shape index (κ2) is 5.48. The summed E-state index contributed by atoms with van der Waals surface area (Å²) in [5.41, 5.74) is 2.07. The van der Waals surface area contributed by atoms with Crippen molar-refractivity contribution in [2.75, 3.05) is 11.5 Å². The molecule has 1 saturated heterocycles. The van der Waals surface area contributed by atoms with E-state index >= 15 is 0 Å². The van der Waals surface area contributed by atoms with Crippen LogP contribution in [-0.2, 0) is 9.84 Å². The molecule has 1 aliphatic heterocycles. The number of sulfone groups is 1. The Hall–Kier alpha value is -2.62. The lowest BCUT2D eigenvalue weighted by atomic mass is 10.2. The van der Waals surface area contributed by atoms with Crippen LogP contribution in [0.2, 0.25) is 0 Å². The lowest BCUT2D eigenvalue weighted by Crippen LogP contribution is -2.14. The van der Waals surface area contributed by atoms with Crippen molar-refractivity contribution in [1.82, 2.24) is 35.2 Å². The lowest BCUT2D eigenvalue weighted by molar-refractivity contribution is 0.504. The third-order valence-corrected chi connectivity index (χ3v) is 5.81. The van der Waals surface area contributed by atoms with Crippen LogP contribution in [0.15, 0.2) is 24.5 Å². The number of hydrogen-bond donors (Lipinski definition) is 1. The van der Waals surface area contributed by atoms with Gasteiger partial charge in [0.25, 0.3) is 0 Å². The van der Waals surface area contributed by atoms with Crippen LogP contribution in [0.3, 0.4) is 0 Å². The molecule has 0 saturated carbocycles. The zero-order chi connectivity index (χ0) is 16.7. The maximum atomic E-state index is 11.9. The molecule has 4 heterocycles. The quantitative estimate of drug-likeness (QED) is 0.745. The van der Waals surface area contributed by atoms with Gasteiger partial charge < -0.3 is 0 Å². The van der Waals surface area contributed by atoms with E-state index in [1.807, 2.05) is 19.1 Å². The van der Waals surface area contributed by atoms with Crippen LogP contribution in [0.4, 0.5) is 0 Å². The van der Waals surface area contributed by atoms with Crippen LogP contribution < -0.4 is 0 Å². The van der Waals surface area contributed by atoms with Gasteiger partial charge in [-0.05, 0) is 25.5 Å². The van der Waals surface area contributed by atoms with E-state index in [1.54, 1.807) is 17.1 Å². The molecule has 1 atom stereocenters. The molecular formula is C14H15N7O2S. The van der Waals surface area contributed by atoms with Crippen LogP contribution in [-0.4, -0.2) is 55.1 Å². The summed E-state index contributed by atoms with van der Waals surface area (Å²) in [6.07, 6.45) is 3.85. The number of aromatic nitrogens is 7. The van der Waals surface area contributed by atoms with Crippen LogP contribution in [0.1, 0.15) is 18.2 Å². The van der Waals surface area contributed by atoms with E-state index in [-0.39, 0.29) is 17.5 Å². The number of hydrogen-bond acceptors (Lipinski definition) is 7. The molecule has 3 aromatic rings. The summed E-state index contributed by atoms with van der Waals surface area (Å²) in [4.78, 5) is 8.57. The minimum absolute atomic E-state index is 0.0655. The van der Waals surface area contributed by atoms with Crippen molar-refractivity contribution in [2.24, 2.45) is 0 Å². The maximum Gasteiger partial charge on any atom is 0.181 e. The van der Waals surface area contributed by atoms with E-state index < -0.39 is 9.84 Å². The summed E-state index contributed by atoms with van der Waals surface area (Å²) in [5, 5.41) is 15.3. The molecule has 1 aliphatic rings. The van der Waals surface area contributed by atoms with Crippen molar-refractivity contribution in [3.05, 3.63) is 30.2 Å². The average Bonchev–Trinajstić information content (AvgIpc) is 3.26. The molecule has 10 heteroatoms. The number of H-pyrrole nitrogens is 1. The van der Waals surface area contributed by atoms with Crippen LogP contribution >= 0.6 is 0 Å². The molecular weight excluding hydrogens is 330 g/mol. The van der Waals surface area contributed by atoms with Gasteiger partial charge in [-0.1, -0.05) is 0 Å². The third kappa shape index (κ3) is 2.58. The van der Waals surface area contributed by atoms with E-state index in [9.17, 15) is 8.42 Å². The topological polar surface area (TPSA) is 119 Å². The number of nitrogens with zero attached hydrogens (tertiary/aromatic N) is 6. The first-order chi connectivity index (χ1) is 11.5. The Morgan fingerprint density at radius 2 is 2.04 bits per heavy atom. The highest BCUT2D eigenvalue weighted by Gasteiger charge is 2.33.